The molecule has 0 spiro atoms. The SMILES string of the molecule is CC(C)CC(O)CNc1ccncc1. The molecule has 0 amide bonds. The number of nitrogens with zero attached hydrogens (tertiary/aromatic N) is 1. The van der Waals surface area contributed by atoms with E-state index in [4.69, 9.17) is 0 Å². The highest BCUT2D eigenvalue weighted by molar-refractivity contribution is 5.40. The predicted molar refractivity (Wildman–Crippen MR) is 58.2 cm³/mol. The number of pyridine rings is 1. The van der Waals surface area contributed by atoms with Gasteiger partial charge in [0.05, 0.1) is 6.10 Å². The number of anilines is 1. The normalized spacial score (nSPS) is 12.9. The number of hydrogen-bond acceptors (Lipinski definition) is 3. The Labute approximate surface area is 85.2 Å². The van der Waals surface area contributed by atoms with Crippen molar-refractivity contribution in [1.29, 1.82) is 0 Å². The van der Waals surface area contributed by atoms with Crippen molar-refractivity contribution in [2.24, 2.45) is 5.92 Å². The lowest BCUT2D eigenvalue weighted by molar-refractivity contribution is 0.161. The average molecular weight is 194 g/mol. The van der Waals surface area contributed by atoms with Crippen molar-refractivity contribution >= 4 is 5.69 Å². The molecule has 1 aromatic heterocycles. The summed E-state index contributed by atoms with van der Waals surface area (Å²) in [4.78, 5) is 3.92. The van der Waals surface area contributed by atoms with E-state index in [-0.39, 0.29) is 6.10 Å². The smallest absolute Gasteiger partial charge is 0.0715 e. The Morgan fingerprint density at radius 3 is 2.57 bits per heavy atom. The zero-order valence-electron chi connectivity index (χ0n) is 8.77. The van der Waals surface area contributed by atoms with Gasteiger partial charge in [0, 0.05) is 24.6 Å². The molecular weight excluding hydrogens is 176 g/mol. The fourth-order valence-electron chi connectivity index (χ4n) is 1.33. The van der Waals surface area contributed by atoms with Crippen molar-refractivity contribution in [3.8, 4) is 0 Å². The summed E-state index contributed by atoms with van der Waals surface area (Å²) in [6.07, 6.45) is 4.02. The van der Waals surface area contributed by atoms with Crippen LogP contribution in [0.25, 0.3) is 0 Å². The van der Waals surface area contributed by atoms with E-state index in [2.05, 4.69) is 24.1 Å². The van der Waals surface area contributed by atoms with Gasteiger partial charge in [-0.05, 0) is 24.5 Å². The Morgan fingerprint density at radius 1 is 1.36 bits per heavy atom. The number of aliphatic hydroxyl groups excluding tert-OH is 1. The van der Waals surface area contributed by atoms with Crippen molar-refractivity contribution in [1.82, 2.24) is 4.98 Å². The van der Waals surface area contributed by atoms with E-state index in [9.17, 15) is 5.11 Å². The second-order valence-corrected chi connectivity index (χ2v) is 3.90. The fourth-order valence-corrected chi connectivity index (χ4v) is 1.33. The zero-order valence-corrected chi connectivity index (χ0v) is 8.77. The van der Waals surface area contributed by atoms with Crippen LogP contribution >= 0.6 is 0 Å². The van der Waals surface area contributed by atoms with Crippen LogP contribution in [0.5, 0.6) is 0 Å². The van der Waals surface area contributed by atoms with Gasteiger partial charge in [-0.1, -0.05) is 13.8 Å². The summed E-state index contributed by atoms with van der Waals surface area (Å²) in [5.41, 5.74) is 1.00. The van der Waals surface area contributed by atoms with Crippen molar-refractivity contribution in [2.75, 3.05) is 11.9 Å². The molecule has 0 aliphatic carbocycles. The van der Waals surface area contributed by atoms with Crippen LogP contribution < -0.4 is 5.32 Å². The van der Waals surface area contributed by atoms with Crippen molar-refractivity contribution in [3.63, 3.8) is 0 Å². The van der Waals surface area contributed by atoms with Gasteiger partial charge in [-0.2, -0.15) is 0 Å². The van der Waals surface area contributed by atoms with E-state index in [1.54, 1.807) is 12.4 Å². The highest BCUT2D eigenvalue weighted by Gasteiger charge is 2.05. The summed E-state index contributed by atoms with van der Waals surface area (Å²) in [6, 6.07) is 3.78. The summed E-state index contributed by atoms with van der Waals surface area (Å²) in [5, 5.41) is 12.8. The molecule has 0 aromatic carbocycles. The lowest BCUT2D eigenvalue weighted by atomic mass is 10.1. The van der Waals surface area contributed by atoms with Gasteiger partial charge in [0.15, 0.2) is 0 Å². The van der Waals surface area contributed by atoms with Crippen LogP contribution in [0.15, 0.2) is 24.5 Å². The Kier molecular flexibility index (Phi) is 4.40. The number of aliphatic hydroxyl groups is 1. The molecule has 1 atom stereocenters. The van der Waals surface area contributed by atoms with Gasteiger partial charge >= 0.3 is 0 Å². The molecule has 1 unspecified atom stereocenters. The van der Waals surface area contributed by atoms with Crippen LogP contribution in [0.4, 0.5) is 5.69 Å². The maximum Gasteiger partial charge on any atom is 0.0715 e. The van der Waals surface area contributed by atoms with Crippen molar-refractivity contribution < 1.29 is 5.11 Å². The summed E-state index contributed by atoms with van der Waals surface area (Å²) >= 11 is 0. The molecule has 0 fully saturated rings. The third-order valence-corrected chi connectivity index (χ3v) is 1.97. The highest BCUT2D eigenvalue weighted by Crippen LogP contribution is 2.07. The molecule has 3 nitrogen and oxygen atoms in total. The first-order valence-electron chi connectivity index (χ1n) is 5.00. The van der Waals surface area contributed by atoms with Gasteiger partial charge in [-0.25, -0.2) is 0 Å². The van der Waals surface area contributed by atoms with E-state index in [0.29, 0.717) is 12.5 Å². The monoisotopic (exact) mass is 194 g/mol. The highest BCUT2D eigenvalue weighted by atomic mass is 16.3. The third-order valence-electron chi connectivity index (χ3n) is 1.97. The van der Waals surface area contributed by atoms with Crippen LogP contribution in [0, 0.1) is 5.92 Å². The quantitative estimate of drug-likeness (QED) is 0.752. The van der Waals surface area contributed by atoms with Crippen molar-refractivity contribution in [2.45, 2.75) is 26.4 Å². The van der Waals surface area contributed by atoms with Crippen LogP contribution in [0.1, 0.15) is 20.3 Å². The minimum Gasteiger partial charge on any atom is -0.391 e. The third kappa shape index (κ3) is 4.23. The molecule has 0 saturated carbocycles. The molecule has 0 aliphatic heterocycles. The fraction of sp³-hybridized carbons (Fsp3) is 0.545. The summed E-state index contributed by atoms with van der Waals surface area (Å²) in [6.45, 7) is 4.81. The summed E-state index contributed by atoms with van der Waals surface area (Å²) in [7, 11) is 0. The number of rotatable bonds is 5. The van der Waals surface area contributed by atoms with Crippen molar-refractivity contribution in [3.05, 3.63) is 24.5 Å². The maximum absolute atomic E-state index is 9.60. The lowest BCUT2D eigenvalue weighted by Gasteiger charge is -2.14. The first-order chi connectivity index (χ1) is 6.68. The van der Waals surface area contributed by atoms with E-state index < -0.39 is 0 Å². The van der Waals surface area contributed by atoms with E-state index >= 15 is 0 Å². The van der Waals surface area contributed by atoms with Gasteiger partial charge in [0.2, 0.25) is 0 Å². The molecule has 0 radical (unpaired) electrons. The van der Waals surface area contributed by atoms with Crippen LogP contribution in [-0.4, -0.2) is 22.7 Å². The minimum atomic E-state index is -0.275. The lowest BCUT2D eigenvalue weighted by Crippen LogP contribution is -2.21. The van der Waals surface area contributed by atoms with Gasteiger partial charge < -0.3 is 10.4 Å². The number of hydrogen-bond donors (Lipinski definition) is 2. The maximum atomic E-state index is 9.60. The Hall–Kier alpha value is -1.09. The second-order valence-electron chi connectivity index (χ2n) is 3.90. The Balaban J connectivity index is 2.27. The van der Waals surface area contributed by atoms with Gasteiger partial charge in [-0.3, -0.25) is 4.98 Å². The molecular formula is C11H18N2O. The van der Waals surface area contributed by atoms with Crippen LogP contribution in [0.3, 0.4) is 0 Å². The standard InChI is InChI=1S/C11H18N2O/c1-9(2)7-11(14)8-13-10-3-5-12-6-4-10/h3-6,9,11,14H,7-8H2,1-2H3,(H,12,13). The summed E-state index contributed by atoms with van der Waals surface area (Å²) < 4.78 is 0. The summed E-state index contributed by atoms with van der Waals surface area (Å²) in [5.74, 6) is 0.532. The van der Waals surface area contributed by atoms with Crippen LogP contribution in [-0.2, 0) is 0 Å². The molecule has 78 valence electrons. The molecule has 0 saturated heterocycles. The molecule has 1 rings (SSSR count). The molecule has 1 heterocycles. The Morgan fingerprint density at radius 2 is 2.00 bits per heavy atom. The Bertz CT molecular complexity index is 249. The molecule has 0 bridgehead atoms. The molecule has 2 N–H and O–H groups in total. The van der Waals surface area contributed by atoms with E-state index in [0.717, 1.165) is 12.1 Å². The topological polar surface area (TPSA) is 45.1 Å². The minimum absolute atomic E-state index is 0.275. The first-order valence-corrected chi connectivity index (χ1v) is 5.00. The largest absolute Gasteiger partial charge is 0.391 e. The molecule has 3 heteroatoms. The van der Waals surface area contributed by atoms with Gasteiger partial charge in [-0.15, -0.1) is 0 Å². The molecule has 1 aromatic rings. The number of aromatic nitrogens is 1. The second kappa shape index (κ2) is 5.60. The average Bonchev–Trinajstić information content (AvgIpc) is 2.15. The zero-order chi connectivity index (χ0) is 10.4. The van der Waals surface area contributed by atoms with Gasteiger partial charge in [0.1, 0.15) is 0 Å². The number of nitrogens with one attached hydrogen (secondary N) is 1. The molecule has 14 heavy (non-hydrogen) atoms. The van der Waals surface area contributed by atoms with Gasteiger partial charge in [0.25, 0.3) is 0 Å². The first kappa shape index (κ1) is 11.0. The van der Waals surface area contributed by atoms with E-state index in [1.165, 1.54) is 0 Å². The van der Waals surface area contributed by atoms with Crippen LogP contribution in [0.2, 0.25) is 0 Å². The van der Waals surface area contributed by atoms with E-state index in [1.807, 2.05) is 12.1 Å². The predicted octanol–water partition coefficient (Wildman–Crippen LogP) is 1.90. The molecule has 0 aliphatic rings.